The molecule has 0 unspecified atom stereocenters. The molecule has 0 saturated carbocycles. The number of rotatable bonds is 6. The minimum Gasteiger partial charge on any atom is -0.495 e. The van der Waals surface area contributed by atoms with E-state index >= 15 is 0 Å². The monoisotopic (exact) mass is 367 g/mol. The molecule has 0 spiro atoms. The molecule has 0 saturated heterocycles. The van der Waals surface area contributed by atoms with E-state index in [1.54, 1.807) is 18.2 Å². The quantitative estimate of drug-likeness (QED) is 0.664. The molecular weight excluding hydrogens is 350 g/mol. The van der Waals surface area contributed by atoms with E-state index in [0.717, 1.165) is 11.1 Å². The molecule has 3 aromatic rings. The van der Waals surface area contributed by atoms with Gasteiger partial charge in [-0.1, -0.05) is 60.1 Å². The molecule has 0 aliphatic carbocycles. The predicted molar refractivity (Wildman–Crippen MR) is 104 cm³/mol. The summed E-state index contributed by atoms with van der Waals surface area (Å²) in [5.41, 5.74) is 2.56. The fraction of sp³-hybridized carbons (Fsp3) is 0.0952. The summed E-state index contributed by atoms with van der Waals surface area (Å²) < 4.78 is 10.8. The van der Waals surface area contributed by atoms with Gasteiger partial charge in [-0.05, 0) is 29.8 Å². The van der Waals surface area contributed by atoms with Crippen molar-refractivity contribution in [3.8, 4) is 22.6 Å². The Morgan fingerprint density at radius 2 is 1.69 bits per heavy atom. The lowest BCUT2D eigenvalue weighted by atomic mass is 10.1. The summed E-state index contributed by atoms with van der Waals surface area (Å²) in [6.07, 6.45) is 0. The fourth-order valence-corrected chi connectivity index (χ4v) is 2.79. The molecule has 26 heavy (non-hydrogen) atoms. The largest absolute Gasteiger partial charge is 0.495 e. The highest BCUT2D eigenvalue weighted by molar-refractivity contribution is 6.32. The summed E-state index contributed by atoms with van der Waals surface area (Å²) >= 11 is 6.07. The van der Waals surface area contributed by atoms with Crippen LogP contribution in [0.15, 0.2) is 72.8 Å². The van der Waals surface area contributed by atoms with Gasteiger partial charge in [0.1, 0.15) is 11.5 Å². The molecule has 0 aliphatic heterocycles. The second-order valence-corrected chi connectivity index (χ2v) is 5.96. The number of benzene rings is 3. The maximum Gasteiger partial charge on any atom is 0.262 e. The molecule has 0 radical (unpaired) electrons. The first kappa shape index (κ1) is 17.8. The Morgan fingerprint density at radius 1 is 0.962 bits per heavy atom. The molecule has 0 fully saturated rings. The first-order chi connectivity index (χ1) is 12.7. The average Bonchev–Trinajstić information content (AvgIpc) is 2.67. The number of halogens is 1. The molecule has 0 heterocycles. The predicted octanol–water partition coefficient (Wildman–Crippen LogP) is 5.03. The molecular formula is C21H18ClNO3. The van der Waals surface area contributed by atoms with Crippen LogP contribution in [0.4, 0.5) is 5.69 Å². The maximum atomic E-state index is 12.2. The Kier molecular flexibility index (Phi) is 5.77. The Balaban J connectivity index is 1.66. The summed E-state index contributed by atoms with van der Waals surface area (Å²) in [5, 5.41) is 3.19. The number of hydrogen-bond acceptors (Lipinski definition) is 3. The lowest BCUT2D eigenvalue weighted by molar-refractivity contribution is -0.118. The van der Waals surface area contributed by atoms with Crippen molar-refractivity contribution in [1.29, 1.82) is 0 Å². The molecule has 4 nitrogen and oxygen atoms in total. The lowest BCUT2D eigenvalue weighted by Crippen LogP contribution is -2.20. The smallest absolute Gasteiger partial charge is 0.262 e. The van der Waals surface area contributed by atoms with E-state index in [9.17, 15) is 4.79 Å². The van der Waals surface area contributed by atoms with E-state index in [0.29, 0.717) is 22.2 Å². The van der Waals surface area contributed by atoms with Gasteiger partial charge in [-0.15, -0.1) is 0 Å². The van der Waals surface area contributed by atoms with E-state index in [2.05, 4.69) is 5.32 Å². The van der Waals surface area contributed by atoms with Crippen LogP contribution >= 0.6 is 11.6 Å². The molecule has 0 aromatic heterocycles. The third kappa shape index (κ3) is 4.35. The zero-order valence-electron chi connectivity index (χ0n) is 14.2. The highest BCUT2D eigenvalue weighted by Gasteiger charge is 2.09. The number of nitrogens with one attached hydrogen (secondary N) is 1. The average molecular weight is 368 g/mol. The van der Waals surface area contributed by atoms with E-state index in [1.807, 2.05) is 54.6 Å². The maximum absolute atomic E-state index is 12.2. The number of carbonyl (C=O) groups excluding carboxylic acids is 1. The number of anilines is 1. The first-order valence-electron chi connectivity index (χ1n) is 8.08. The summed E-state index contributed by atoms with van der Waals surface area (Å²) in [4.78, 5) is 12.2. The Bertz CT molecular complexity index is 897. The lowest BCUT2D eigenvalue weighted by Gasteiger charge is -2.12. The molecule has 0 bridgehead atoms. The number of amides is 1. The summed E-state index contributed by atoms with van der Waals surface area (Å²) in [6, 6.07) is 22.6. The second kappa shape index (κ2) is 8.41. The minimum absolute atomic E-state index is 0.104. The number of ether oxygens (including phenoxy) is 2. The highest BCUT2D eigenvalue weighted by Crippen LogP contribution is 2.30. The van der Waals surface area contributed by atoms with Crippen molar-refractivity contribution in [2.75, 3.05) is 19.0 Å². The fourth-order valence-electron chi connectivity index (χ4n) is 2.53. The van der Waals surface area contributed by atoms with Crippen LogP contribution in [0.1, 0.15) is 0 Å². The molecule has 3 aromatic carbocycles. The van der Waals surface area contributed by atoms with Crippen molar-refractivity contribution in [1.82, 2.24) is 0 Å². The van der Waals surface area contributed by atoms with Crippen LogP contribution in [0, 0.1) is 0 Å². The van der Waals surface area contributed by atoms with Crippen molar-refractivity contribution < 1.29 is 14.3 Å². The van der Waals surface area contributed by atoms with Gasteiger partial charge in [0.15, 0.2) is 6.61 Å². The van der Waals surface area contributed by atoms with Gasteiger partial charge in [0, 0.05) is 11.3 Å². The third-order valence-electron chi connectivity index (χ3n) is 3.77. The standard InChI is InChI=1S/C21H18ClNO3/c1-25-20-12-11-16(13-18(20)22)23-21(24)14-26-19-10-6-5-9-17(19)15-7-3-2-4-8-15/h2-13H,14H2,1H3,(H,23,24). The number of hydrogen-bond donors (Lipinski definition) is 1. The van der Waals surface area contributed by atoms with Gasteiger partial charge in [-0.2, -0.15) is 0 Å². The third-order valence-corrected chi connectivity index (χ3v) is 4.06. The van der Waals surface area contributed by atoms with E-state index in [-0.39, 0.29) is 12.5 Å². The van der Waals surface area contributed by atoms with Crippen LogP contribution in [0.2, 0.25) is 5.02 Å². The Labute approximate surface area is 157 Å². The van der Waals surface area contributed by atoms with Crippen LogP contribution in [-0.4, -0.2) is 19.6 Å². The van der Waals surface area contributed by atoms with Crippen LogP contribution in [0.5, 0.6) is 11.5 Å². The van der Waals surface area contributed by atoms with Crippen molar-refractivity contribution in [3.05, 3.63) is 77.8 Å². The Hall–Kier alpha value is -2.98. The Morgan fingerprint density at radius 3 is 2.42 bits per heavy atom. The van der Waals surface area contributed by atoms with E-state index in [1.165, 1.54) is 7.11 Å². The van der Waals surface area contributed by atoms with Crippen molar-refractivity contribution in [2.24, 2.45) is 0 Å². The number of carbonyl (C=O) groups is 1. The molecule has 5 heteroatoms. The van der Waals surface area contributed by atoms with E-state index < -0.39 is 0 Å². The number of methoxy groups -OCH3 is 1. The minimum atomic E-state index is -0.269. The van der Waals surface area contributed by atoms with Crippen molar-refractivity contribution in [2.45, 2.75) is 0 Å². The van der Waals surface area contributed by atoms with Gasteiger partial charge in [0.25, 0.3) is 5.91 Å². The second-order valence-electron chi connectivity index (χ2n) is 5.55. The normalized spacial score (nSPS) is 10.2. The van der Waals surface area contributed by atoms with Crippen LogP contribution in [0.3, 0.4) is 0 Å². The number of para-hydroxylation sites is 1. The van der Waals surface area contributed by atoms with Gasteiger partial charge in [0.05, 0.1) is 12.1 Å². The molecule has 1 N–H and O–H groups in total. The van der Waals surface area contributed by atoms with Crippen molar-refractivity contribution >= 4 is 23.2 Å². The zero-order valence-corrected chi connectivity index (χ0v) is 15.0. The van der Waals surface area contributed by atoms with E-state index in [4.69, 9.17) is 21.1 Å². The van der Waals surface area contributed by atoms with Crippen LogP contribution < -0.4 is 14.8 Å². The van der Waals surface area contributed by atoms with Crippen LogP contribution in [0.25, 0.3) is 11.1 Å². The SMILES string of the molecule is COc1ccc(NC(=O)COc2ccccc2-c2ccccc2)cc1Cl. The molecule has 0 aliphatic rings. The van der Waals surface area contributed by atoms with Gasteiger partial charge in [0.2, 0.25) is 0 Å². The molecule has 0 atom stereocenters. The van der Waals surface area contributed by atoms with Gasteiger partial charge in [-0.25, -0.2) is 0 Å². The first-order valence-corrected chi connectivity index (χ1v) is 8.46. The highest BCUT2D eigenvalue weighted by atomic mass is 35.5. The zero-order chi connectivity index (χ0) is 18.4. The summed E-state index contributed by atoms with van der Waals surface area (Å²) in [5.74, 6) is 0.938. The summed E-state index contributed by atoms with van der Waals surface area (Å²) in [7, 11) is 1.54. The van der Waals surface area contributed by atoms with Gasteiger partial charge >= 0.3 is 0 Å². The van der Waals surface area contributed by atoms with Crippen molar-refractivity contribution in [3.63, 3.8) is 0 Å². The molecule has 1 amide bonds. The van der Waals surface area contributed by atoms with Gasteiger partial charge < -0.3 is 14.8 Å². The summed E-state index contributed by atoms with van der Waals surface area (Å²) in [6.45, 7) is -0.104. The molecule has 3 rings (SSSR count). The topological polar surface area (TPSA) is 47.6 Å². The van der Waals surface area contributed by atoms with Gasteiger partial charge in [-0.3, -0.25) is 4.79 Å². The molecule has 132 valence electrons. The van der Waals surface area contributed by atoms with Crippen LogP contribution in [-0.2, 0) is 4.79 Å².